The molecule has 0 atom stereocenters. The standard InChI is InChI=1S/C20H25BrN2O/c1-3-5-6-15-7-9-16(10-8-15)14-23-19-12-11-17(21)13-18(19)20(24)22-4-2/h7-13,23H,3-6,14H2,1-2H3,(H,22,24). The fourth-order valence-electron chi connectivity index (χ4n) is 2.52. The van der Waals surface area contributed by atoms with E-state index in [1.807, 2.05) is 25.1 Å². The molecule has 128 valence electrons. The van der Waals surface area contributed by atoms with Gasteiger partial charge in [-0.1, -0.05) is 53.5 Å². The van der Waals surface area contributed by atoms with Gasteiger partial charge in [-0.3, -0.25) is 4.79 Å². The van der Waals surface area contributed by atoms with Gasteiger partial charge >= 0.3 is 0 Å². The predicted octanol–water partition coefficient (Wildman–Crippen LogP) is 5.15. The van der Waals surface area contributed by atoms with Gasteiger partial charge in [-0.25, -0.2) is 0 Å². The smallest absolute Gasteiger partial charge is 0.253 e. The molecule has 0 spiro atoms. The maximum absolute atomic E-state index is 12.2. The van der Waals surface area contributed by atoms with Crippen molar-refractivity contribution in [3.8, 4) is 0 Å². The minimum absolute atomic E-state index is 0.0591. The molecule has 2 aromatic carbocycles. The minimum Gasteiger partial charge on any atom is -0.380 e. The van der Waals surface area contributed by atoms with Gasteiger partial charge in [0.05, 0.1) is 5.56 Å². The van der Waals surface area contributed by atoms with Gasteiger partial charge in [-0.05, 0) is 49.1 Å². The Morgan fingerprint density at radius 1 is 1.04 bits per heavy atom. The van der Waals surface area contributed by atoms with Crippen LogP contribution < -0.4 is 10.6 Å². The van der Waals surface area contributed by atoms with E-state index in [2.05, 4.69) is 57.8 Å². The second kappa shape index (κ2) is 9.48. The van der Waals surface area contributed by atoms with Crippen molar-refractivity contribution >= 4 is 27.5 Å². The highest BCUT2D eigenvalue weighted by atomic mass is 79.9. The molecule has 0 aliphatic heterocycles. The Morgan fingerprint density at radius 3 is 2.42 bits per heavy atom. The van der Waals surface area contributed by atoms with Gasteiger partial charge in [0.15, 0.2) is 0 Å². The van der Waals surface area contributed by atoms with Crippen LogP contribution in [0.1, 0.15) is 48.2 Å². The predicted molar refractivity (Wildman–Crippen MR) is 105 cm³/mol. The first-order valence-corrected chi connectivity index (χ1v) is 9.32. The number of hydrogen-bond acceptors (Lipinski definition) is 2. The highest BCUT2D eigenvalue weighted by Gasteiger charge is 2.11. The molecular formula is C20H25BrN2O. The Labute approximate surface area is 153 Å². The summed E-state index contributed by atoms with van der Waals surface area (Å²) in [6.07, 6.45) is 3.58. The summed E-state index contributed by atoms with van der Waals surface area (Å²) in [4.78, 5) is 12.2. The largest absolute Gasteiger partial charge is 0.380 e. The van der Waals surface area contributed by atoms with E-state index in [1.165, 1.54) is 24.0 Å². The first kappa shape index (κ1) is 18.5. The van der Waals surface area contributed by atoms with Gasteiger partial charge in [0.1, 0.15) is 0 Å². The molecule has 0 radical (unpaired) electrons. The van der Waals surface area contributed by atoms with Crippen molar-refractivity contribution in [3.63, 3.8) is 0 Å². The van der Waals surface area contributed by atoms with Crippen molar-refractivity contribution in [2.45, 2.75) is 39.7 Å². The van der Waals surface area contributed by atoms with E-state index >= 15 is 0 Å². The van der Waals surface area contributed by atoms with E-state index in [9.17, 15) is 4.79 Å². The molecule has 0 unspecified atom stereocenters. The first-order chi connectivity index (χ1) is 11.6. The van der Waals surface area contributed by atoms with Gasteiger partial charge in [-0.2, -0.15) is 0 Å². The number of nitrogens with one attached hydrogen (secondary N) is 2. The number of halogens is 1. The number of carbonyl (C=O) groups excluding carboxylic acids is 1. The molecule has 0 aliphatic carbocycles. The number of hydrogen-bond donors (Lipinski definition) is 2. The summed E-state index contributed by atoms with van der Waals surface area (Å²) in [5.41, 5.74) is 4.09. The van der Waals surface area contributed by atoms with Crippen LogP contribution in [0.3, 0.4) is 0 Å². The summed E-state index contributed by atoms with van der Waals surface area (Å²) >= 11 is 3.43. The molecule has 3 nitrogen and oxygen atoms in total. The molecule has 0 saturated heterocycles. The molecule has 0 bridgehead atoms. The zero-order valence-electron chi connectivity index (χ0n) is 14.4. The highest BCUT2D eigenvalue weighted by Crippen LogP contribution is 2.22. The number of carbonyl (C=O) groups is 1. The summed E-state index contributed by atoms with van der Waals surface area (Å²) in [5.74, 6) is -0.0591. The van der Waals surface area contributed by atoms with Gasteiger partial charge in [0.25, 0.3) is 5.91 Å². The second-order valence-corrected chi connectivity index (χ2v) is 6.74. The molecule has 0 heterocycles. The van der Waals surface area contributed by atoms with E-state index in [1.54, 1.807) is 0 Å². The van der Waals surface area contributed by atoms with Crippen molar-refractivity contribution in [2.24, 2.45) is 0 Å². The van der Waals surface area contributed by atoms with E-state index in [-0.39, 0.29) is 5.91 Å². The quantitative estimate of drug-likeness (QED) is 0.655. The zero-order valence-corrected chi connectivity index (χ0v) is 15.9. The number of aryl methyl sites for hydroxylation is 1. The third-order valence-electron chi connectivity index (χ3n) is 3.89. The van der Waals surface area contributed by atoms with Crippen LogP contribution in [0.5, 0.6) is 0 Å². The fourth-order valence-corrected chi connectivity index (χ4v) is 2.88. The second-order valence-electron chi connectivity index (χ2n) is 5.82. The molecule has 2 aromatic rings. The van der Waals surface area contributed by atoms with E-state index < -0.39 is 0 Å². The molecular weight excluding hydrogens is 364 g/mol. The van der Waals surface area contributed by atoms with Crippen molar-refractivity contribution in [3.05, 3.63) is 63.6 Å². The molecule has 0 aromatic heterocycles. The Balaban J connectivity index is 2.04. The Morgan fingerprint density at radius 2 is 1.75 bits per heavy atom. The van der Waals surface area contributed by atoms with Crippen molar-refractivity contribution in [2.75, 3.05) is 11.9 Å². The Bertz CT molecular complexity index is 668. The Hall–Kier alpha value is -1.81. The third kappa shape index (κ3) is 5.38. The van der Waals surface area contributed by atoms with Crippen LogP contribution in [-0.2, 0) is 13.0 Å². The minimum atomic E-state index is -0.0591. The van der Waals surface area contributed by atoms with Crippen LogP contribution in [0.2, 0.25) is 0 Å². The SMILES string of the molecule is CCCCc1ccc(CNc2ccc(Br)cc2C(=O)NCC)cc1. The molecule has 1 amide bonds. The van der Waals surface area contributed by atoms with Gasteiger partial charge < -0.3 is 10.6 Å². The lowest BCUT2D eigenvalue weighted by Gasteiger charge is -2.13. The lowest BCUT2D eigenvalue weighted by atomic mass is 10.1. The average molecular weight is 389 g/mol. The highest BCUT2D eigenvalue weighted by molar-refractivity contribution is 9.10. The van der Waals surface area contributed by atoms with Crippen LogP contribution in [0, 0.1) is 0 Å². The summed E-state index contributed by atoms with van der Waals surface area (Å²) < 4.78 is 0.898. The third-order valence-corrected chi connectivity index (χ3v) is 4.38. The van der Waals surface area contributed by atoms with E-state index in [0.29, 0.717) is 18.7 Å². The zero-order chi connectivity index (χ0) is 17.4. The van der Waals surface area contributed by atoms with Gasteiger partial charge in [0, 0.05) is 23.2 Å². The molecule has 4 heteroatoms. The monoisotopic (exact) mass is 388 g/mol. The van der Waals surface area contributed by atoms with Crippen LogP contribution in [0.25, 0.3) is 0 Å². The molecule has 0 fully saturated rings. The number of unbranched alkanes of at least 4 members (excludes halogenated alkanes) is 1. The van der Waals surface area contributed by atoms with Crippen LogP contribution in [0.15, 0.2) is 46.9 Å². The van der Waals surface area contributed by atoms with Gasteiger partial charge in [0.2, 0.25) is 0 Å². The number of anilines is 1. The maximum atomic E-state index is 12.2. The molecule has 24 heavy (non-hydrogen) atoms. The molecule has 2 N–H and O–H groups in total. The van der Waals surface area contributed by atoms with Crippen LogP contribution in [0.4, 0.5) is 5.69 Å². The summed E-state index contributed by atoms with van der Waals surface area (Å²) in [6, 6.07) is 14.4. The lowest BCUT2D eigenvalue weighted by Crippen LogP contribution is -2.23. The topological polar surface area (TPSA) is 41.1 Å². The lowest BCUT2D eigenvalue weighted by molar-refractivity contribution is 0.0956. The first-order valence-electron chi connectivity index (χ1n) is 8.53. The van der Waals surface area contributed by atoms with E-state index in [0.717, 1.165) is 16.6 Å². The van der Waals surface area contributed by atoms with Crippen LogP contribution in [-0.4, -0.2) is 12.5 Å². The number of rotatable bonds is 8. The van der Waals surface area contributed by atoms with Crippen molar-refractivity contribution in [1.82, 2.24) is 5.32 Å². The molecule has 2 rings (SSSR count). The summed E-state index contributed by atoms with van der Waals surface area (Å²) in [6.45, 7) is 5.44. The van der Waals surface area contributed by atoms with Crippen LogP contribution >= 0.6 is 15.9 Å². The Kier molecular flexibility index (Phi) is 7.32. The number of benzene rings is 2. The molecule has 0 saturated carbocycles. The maximum Gasteiger partial charge on any atom is 0.253 e. The van der Waals surface area contributed by atoms with Crippen molar-refractivity contribution in [1.29, 1.82) is 0 Å². The van der Waals surface area contributed by atoms with E-state index in [4.69, 9.17) is 0 Å². The van der Waals surface area contributed by atoms with Gasteiger partial charge in [-0.15, -0.1) is 0 Å². The summed E-state index contributed by atoms with van der Waals surface area (Å²) in [7, 11) is 0. The normalized spacial score (nSPS) is 10.5. The number of amides is 1. The fraction of sp³-hybridized carbons (Fsp3) is 0.350. The molecule has 0 aliphatic rings. The van der Waals surface area contributed by atoms with Crippen molar-refractivity contribution < 1.29 is 4.79 Å². The summed E-state index contributed by atoms with van der Waals surface area (Å²) in [5, 5.41) is 6.23. The average Bonchev–Trinajstić information content (AvgIpc) is 2.60.